The number of nitrogens with zero attached hydrogens (tertiary/aromatic N) is 4. The van der Waals surface area contributed by atoms with E-state index in [4.69, 9.17) is 10.4 Å². The highest BCUT2D eigenvalue weighted by atomic mass is 16.5. The smallest absolute Gasteiger partial charge is 0.117 e. The molecule has 62 valence electrons. The van der Waals surface area contributed by atoms with E-state index in [-0.39, 0.29) is 0 Å². The predicted molar refractivity (Wildman–Crippen MR) is 39.0 cm³/mol. The minimum Gasteiger partial charge on any atom is -0.394 e. The minimum atomic E-state index is 0.331. The summed E-state index contributed by atoms with van der Waals surface area (Å²) in [5.74, 6) is 0. The lowest BCUT2D eigenvalue weighted by Crippen LogP contribution is -1.66. The van der Waals surface area contributed by atoms with Crippen LogP contribution in [-0.4, -0.2) is 10.4 Å². The van der Waals surface area contributed by atoms with Crippen molar-refractivity contribution in [3.05, 3.63) is 24.3 Å². The van der Waals surface area contributed by atoms with E-state index in [9.17, 15) is 0 Å². The second kappa shape index (κ2) is 4.02. The van der Waals surface area contributed by atoms with Crippen molar-refractivity contribution in [3.63, 3.8) is 0 Å². The van der Waals surface area contributed by atoms with Gasteiger partial charge in [0.15, 0.2) is 0 Å². The molecule has 12 heavy (non-hydrogen) atoms. The third-order valence-corrected chi connectivity index (χ3v) is 1.19. The van der Waals surface area contributed by atoms with Crippen molar-refractivity contribution < 1.29 is 10.4 Å². The van der Waals surface area contributed by atoms with Crippen LogP contribution in [0.2, 0.25) is 0 Å². The van der Waals surface area contributed by atoms with Gasteiger partial charge in [-0.3, -0.25) is 0 Å². The van der Waals surface area contributed by atoms with Crippen LogP contribution in [0.4, 0.5) is 11.4 Å². The molecule has 0 aliphatic rings. The predicted octanol–water partition coefficient (Wildman–Crippen LogP) is 2.63. The third-order valence-electron chi connectivity index (χ3n) is 1.19. The van der Waals surface area contributed by atoms with Crippen LogP contribution in [0.15, 0.2) is 45.0 Å². The summed E-state index contributed by atoms with van der Waals surface area (Å²) in [7, 11) is 0. The fourth-order valence-corrected chi connectivity index (χ4v) is 0.730. The molecule has 1 aromatic rings. The highest BCUT2D eigenvalue weighted by Gasteiger charge is 1.97. The molecule has 0 saturated heterocycles. The Morgan fingerprint density at radius 1 is 0.833 bits per heavy atom. The van der Waals surface area contributed by atoms with Gasteiger partial charge in [0.1, 0.15) is 11.4 Å². The first kappa shape index (κ1) is 8.12. The van der Waals surface area contributed by atoms with Crippen LogP contribution >= 0.6 is 0 Å². The van der Waals surface area contributed by atoms with Crippen molar-refractivity contribution in [2.75, 3.05) is 0 Å². The van der Waals surface area contributed by atoms with E-state index in [2.05, 4.69) is 20.8 Å². The topological polar surface area (TPSA) is 89.9 Å². The van der Waals surface area contributed by atoms with E-state index in [0.717, 1.165) is 0 Å². The van der Waals surface area contributed by atoms with Gasteiger partial charge in [-0.05, 0) is 12.1 Å². The standard InChI is InChI=1S/C6H6N4O2/c11-9-7-5-3-1-2-4-6(5)8-10-12/h1-4H,(H,7,11)(H,8,12). The lowest BCUT2D eigenvalue weighted by molar-refractivity contribution is 0.286. The molecule has 2 N–H and O–H groups in total. The van der Waals surface area contributed by atoms with Crippen LogP contribution in [-0.2, 0) is 0 Å². The summed E-state index contributed by atoms with van der Waals surface area (Å²) in [6.07, 6.45) is 0. The van der Waals surface area contributed by atoms with Crippen molar-refractivity contribution in [1.29, 1.82) is 0 Å². The zero-order chi connectivity index (χ0) is 8.81. The van der Waals surface area contributed by atoms with Gasteiger partial charge in [-0.25, -0.2) is 0 Å². The Morgan fingerprint density at radius 2 is 1.25 bits per heavy atom. The molecule has 6 nitrogen and oxygen atoms in total. The normalized spacial score (nSPS) is 11.3. The van der Waals surface area contributed by atoms with E-state index in [0.29, 0.717) is 11.4 Å². The molecular weight excluding hydrogens is 160 g/mol. The van der Waals surface area contributed by atoms with Crippen LogP contribution < -0.4 is 0 Å². The van der Waals surface area contributed by atoms with Crippen LogP contribution in [0, 0.1) is 0 Å². The van der Waals surface area contributed by atoms with Crippen molar-refractivity contribution >= 4 is 11.4 Å². The van der Waals surface area contributed by atoms with Crippen molar-refractivity contribution in [3.8, 4) is 0 Å². The number of hydrogen-bond acceptors (Lipinski definition) is 4. The molecule has 0 heterocycles. The summed E-state index contributed by atoms with van der Waals surface area (Å²) in [4.78, 5) is 0. The van der Waals surface area contributed by atoms with Gasteiger partial charge in [0, 0.05) is 10.6 Å². The van der Waals surface area contributed by atoms with Crippen LogP contribution in [0.5, 0.6) is 0 Å². The van der Waals surface area contributed by atoms with E-state index >= 15 is 0 Å². The van der Waals surface area contributed by atoms with Crippen LogP contribution in [0.1, 0.15) is 0 Å². The molecule has 0 atom stereocenters. The maximum atomic E-state index is 8.14. The zero-order valence-electron chi connectivity index (χ0n) is 5.99. The van der Waals surface area contributed by atoms with Crippen molar-refractivity contribution in [1.82, 2.24) is 0 Å². The van der Waals surface area contributed by atoms with E-state index in [1.54, 1.807) is 24.3 Å². The lowest BCUT2D eigenvalue weighted by atomic mass is 10.3. The first-order valence-electron chi connectivity index (χ1n) is 3.07. The van der Waals surface area contributed by atoms with Gasteiger partial charge in [-0.2, -0.15) is 0 Å². The second-order valence-corrected chi connectivity index (χ2v) is 1.87. The van der Waals surface area contributed by atoms with Gasteiger partial charge in [-0.1, -0.05) is 12.1 Å². The maximum Gasteiger partial charge on any atom is 0.117 e. The van der Waals surface area contributed by atoms with Crippen molar-refractivity contribution in [2.24, 2.45) is 20.8 Å². The molecule has 1 rings (SSSR count). The van der Waals surface area contributed by atoms with Crippen LogP contribution in [0.25, 0.3) is 0 Å². The van der Waals surface area contributed by atoms with Crippen molar-refractivity contribution in [2.45, 2.75) is 0 Å². The molecular formula is C6H6N4O2. The first-order valence-corrected chi connectivity index (χ1v) is 3.07. The summed E-state index contributed by atoms with van der Waals surface area (Å²) in [5.41, 5.74) is 0.663. The average molecular weight is 166 g/mol. The van der Waals surface area contributed by atoms with Gasteiger partial charge in [0.2, 0.25) is 0 Å². The Bertz CT molecular complexity index is 279. The monoisotopic (exact) mass is 166 g/mol. The minimum absolute atomic E-state index is 0.331. The Morgan fingerprint density at radius 3 is 1.58 bits per heavy atom. The molecule has 1 aromatic carbocycles. The SMILES string of the molecule is ON=Nc1ccccc1N=NO. The van der Waals surface area contributed by atoms with E-state index in [1.165, 1.54) is 0 Å². The lowest BCUT2D eigenvalue weighted by Gasteiger charge is -1.93. The van der Waals surface area contributed by atoms with E-state index < -0.39 is 0 Å². The molecule has 0 unspecified atom stereocenters. The molecule has 0 aliphatic heterocycles. The highest BCUT2D eigenvalue weighted by Crippen LogP contribution is 2.27. The number of rotatable bonds is 2. The quantitative estimate of drug-likeness (QED) is 0.522. The third kappa shape index (κ3) is 1.75. The maximum absolute atomic E-state index is 8.14. The summed E-state index contributed by atoms with van der Waals surface area (Å²) in [6.45, 7) is 0. The molecule has 0 bridgehead atoms. The summed E-state index contributed by atoms with van der Waals surface area (Å²) >= 11 is 0. The largest absolute Gasteiger partial charge is 0.394 e. The number of benzene rings is 1. The highest BCUT2D eigenvalue weighted by molar-refractivity contribution is 5.60. The van der Waals surface area contributed by atoms with Gasteiger partial charge in [-0.15, -0.1) is 10.2 Å². The summed E-state index contributed by atoms with van der Waals surface area (Å²) < 4.78 is 0. The Labute approximate surface area is 67.8 Å². The van der Waals surface area contributed by atoms with Gasteiger partial charge in [0.05, 0.1) is 0 Å². The molecule has 0 saturated carbocycles. The molecule has 0 aliphatic carbocycles. The second-order valence-electron chi connectivity index (χ2n) is 1.87. The zero-order valence-corrected chi connectivity index (χ0v) is 5.99. The summed E-state index contributed by atoms with van der Waals surface area (Å²) in [6, 6.07) is 6.54. The first-order chi connectivity index (χ1) is 5.88. The Hall–Kier alpha value is -1.98. The molecule has 0 aromatic heterocycles. The van der Waals surface area contributed by atoms with Gasteiger partial charge < -0.3 is 10.4 Å². The molecule has 0 amide bonds. The Kier molecular flexibility index (Phi) is 2.72. The molecule has 0 spiro atoms. The van der Waals surface area contributed by atoms with Gasteiger partial charge in [0.25, 0.3) is 0 Å². The number of hydrogen-bond donors (Lipinski definition) is 2. The van der Waals surface area contributed by atoms with Gasteiger partial charge >= 0.3 is 0 Å². The fraction of sp³-hybridized carbons (Fsp3) is 0. The fourth-order valence-electron chi connectivity index (χ4n) is 0.730. The average Bonchev–Trinajstić information content (AvgIpc) is 2.09. The molecule has 6 heteroatoms. The molecule has 0 fully saturated rings. The Balaban J connectivity index is 3.08. The van der Waals surface area contributed by atoms with Crippen LogP contribution in [0.3, 0.4) is 0 Å². The van der Waals surface area contributed by atoms with E-state index in [1.807, 2.05) is 0 Å². The molecule has 0 radical (unpaired) electrons. The summed E-state index contributed by atoms with van der Waals surface area (Å²) in [5, 5.41) is 28.1.